The quantitative estimate of drug-likeness (QED) is 0.759. The molecule has 0 heterocycles. The van der Waals surface area contributed by atoms with E-state index in [1.54, 1.807) is 0 Å². The lowest BCUT2D eigenvalue weighted by Gasteiger charge is -2.23. The first kappa shape index (κ1) is 11.9. The van der Waals surface area contributed by atoms with Gasteiger partial charge in [0.1, 0.15) is 6.10 Å². The molecule has 2 nitrogen and oxygen atoms in total. The van der Waals surface area contributed by atoms with Crippen LogP contribution in [-0.4, -0.2) is 16.3 Å². The van der Waals surface area contributed by atoms with Gasteiger partial charge in [0.05, 0.1) is 6.10 Å². The number of allylic oxidation sites excluding steroid dienone is 1. The first-order valence-electron chi connectivity index (χ1n) is 7.04. The Kier molecular flexibility index (Phi) is 2.56. The molecule has 2 aromatic rings. The van der Waals surface area contributed by atoms with E-state index in [2.05, 4.69) is 36.4 Å². The molecular weight excluding hydrogens is 248 g/mol. The molecule has 0 aromatic heterocycles. The van der Waals surface area contributed by atoms with Gasteiger partial charge < -0.3 is 10.2 Å². The third-order valence-corrected chi connectivity index (χ3v) is 4.35. The van der Waals surface area contributed by atoms with Gasteiger partial charge in [-0.25, -0.2) is 0 Å². The molecule has 0 saturated heterocycles. The molecule has 2 unspecified atom stereocenters. The van der Waals surface area contributed by atoms with E-state index in [9.17, 15) is 10.2 Å². The van der Waals surface area contributed by atoms with Crippen LogP contribution in [0.4, 0.5) is 0 Å². The van der Waals surface area contributed by atoms with Gasteiger partial charge in [-0.3, -0.25) is 0 Å². The van der Waals surface area contributed by atoms with Crippen molar-refractivity contribution in [2.75, 3.05) is 0 Å². The molecule has 0 fully saturated rings. The fourth-order valence-electron chi connectivity index (χ4n) is 3.30. The molecule has 2 aliphatic rings. The second-order valence-electron chi connectivity index (χ2n) is 5.53. The summed E-state index contributed by atoms with van der Waals surface area (Å²) in [6.45, 7) is 0. The van der Waals surface area contributed by atoms with Gasteiger partial charge in [-0.1, -0.05) is 48.6 Å². The highest BCUT2D eigenvalue weighted by Crippen LogP contribution is 2.23. The minimum atomic E-state index is -0.778. The van der Waals surface area contributed by atoms with Crippen LogP contribution in [0.3, 0.4) is 0 Å². The van der Waals surface area contributed by atoms with Crippen molar-refractivity contribution in [2.24, 2.45) is 0 Å². The first-order valence-corrected chi connectivity index (χ1v) is 7.04. The maximum absolute atomic E-state index is 10.1. The van der Waals surface area contributed by atoms with Gasteiger partial charge in [-0.05, 0) is 45.2 Å². The number of hydrogen-bond acceptors (Lipinski definition) is 2. The highest BCUT2D eigenvalue weighted by atomic mass is 16.3. The summed E-state index contributed by atoms with van der Waals surface area (Å²) in [5.74, 6) is 0. The van der Waals surface area contributed by atoms with Gasteiger partial charge in [-0.15, -0.1) is 0 Å². The SMILES string of the molecule is OC1CC=c2c(ccc3c4c(ccc23)C=CCC=4)C1O. The first-order chi connectivity index (χ1) is 9.75. The Morgan fingerprint density at radius 3 is 2.60 bits per heavy atom. The topological polar surface area (TPSA) is 40.5 Å². The predicted octanol–water partition coefficient (Wildman–Crippen LogP) is 1.62. The number of benzene rings is 2. The van der Waals surface area contributed by atoms with Gasteiger partial charge in [0.25, 0.3) is 0 Å². The Balaban J connectivity index is 2.12. The Morgan fingerprint density at radius 1 is 0.900 bits per heavy atom. The van der Waals surface area contributed by atoms with Gasteiger partial charge in [0, 0.05) is 0 Å². The fraction of sp³-hybridized carbons (Fsp3) is 0.222. The molecule has 0 amide bonds. The maximum atomic E-state index is 10.1. The van der Waals surface area contributed by atoms with E-state index in [1.165, 1.54) is 21.6 Å². The fourth-order valence-corrected chi connectivity index (χ4v) is 3.30. The number of aliphatic hydroxyl groups is 2. The Hall–Kier alpha value is -1.90. The largest absolute Gasteiger partial charge is 0.390 e. The van der Waals surface area contributed by atoms with Gasteiger partial charge in [-0.2, -0.15) is 0 Å². The van der Waals surface area contributed by atoms with Crippen molar-refractivity contribution >= 4 is 29.0 Å². The third-order valence-electron chi connectivity index (χ3n) is 4.35. The molecule has 20 heavy (non-hydrogen) atoms. The summed E-state index contributed by atoms with van der Waals surface area (Å²) in [6, 6.07) is 8.28. The predicted molar refractivity (Wildman–Crippen MR) is 81.4 cm³/mol. The summed E-state index contributed by atoms with van der Waals surface area (Å²) in [5.41, 5.74) is 2.09. The van der Waals surface area contributed by atoms with Crippen molar-refractivity contribution in [3.8, 4) is 0 Å². The van der Waals surface area contributed by atoms with E-state index in [1.807, 2.05) is 12.1 Å². The highest BCUT2D eigenvalue weighted by Gasteiger charge is 2.23. The van der Waals surface area contributed by atoms with Crippen LogP contribution in [0.2, 0.25) is 0 Å². The molecule has 0 bridgehead atoms. The van der Waals surface area contributed by atoms with Crippen molar-refractivity contribution in [1.82, 2.24) is 0 Å². The Bertz CT molecular complexity index is 846. The molecular formula is C18H16O2. The minimum absolute atomic E-state index is 0.508. The number of rotatable bonds is 0. The van der Waals surface area contributed by atoms with Gasteiger partial charge in [0.2, 0.25) is 0 Å². The summed E-state index contributed by atoms with van der Waals surface area (Å²) in [4.78, 5) is 0. The average Bonchev–Trinajstić information content (AvgIpc) is 2.50. The molecule has 0 radical (unpaired) electrons. The van der Waals surface area contributed by atoms with E-state index in [0.717, 1.165) is 17.2 Å². The molecule has 100 valence electrons. The van der Waals surface area contributed by atoms with E-state index in [0.29, 0.717) is 6.42 Å². The van der Waals surface area contributed by atoms with E-state index in [-0.39, 0.29) is 0 Å². The Labute approximate surface area is 117 Å². The minimum Gasteiger partial charge on any atom is -0.390 e. The van der Waals surface area contributed by atoms with E-state index in [4.69, 9.17) is 0 Å². The van der Waals surface area contributed by atoms with Crippen LogP contribution in [0.15, 0.2) is 30.3 Å². The van der Waals surface area contributed by atoms with Crippen LogP contribution in [0, 0.1) is 0 Å². The molecule has 2 aromatic carbocycles. The zero-order valence-corrected chi connectivity index (χ0v) is 11.1. The van der Waals surface area contributed by atoms with Crippen LogP contribution in [0.5, 0.6) is 0 Å². The average molecular weight is 264 g/mol. The summed E-state index contributed by atoms with van der Waals surface area (Å²) in [6.07, 6.45) is 8.63. The van der Waals surface area contributed by atoms with E-state index < -0.39 is 12.2 Å². The molecule has 2 aliphatic carbocycles. The molecule has 0 aliphatic heterocycles. The van der Waals surface area contributed by atoms with Crippen LogP contribution >= 0.6 is 0 Å². The lowest BCUT2D eigenvalue weighted by Crippen LogP contribution is -2.29. The maximum Gasteiger partial charge on any atom is 0.106 e. The Morgan fingerprint density at radius 2 is 1.70 bits per heavy atom. The van der Waals surface area contributed by atoms with Crippen LogP contribution in [0.1, 0.15) is 30.1 Å². The lowest BCUT2D eigenvalue weighted by molar-refractivity contribution is 0.0197. The smallest absolute Gasteiger partial charge is 0.106 e. The normalized spacial score (nSPS) is 23.7. The molecule has 0 spiro atoms. The summed E-state index contributed by atoms with van der Waals surface area (Å²) >= 11 is 0. The van der Waals surface area contributed by atoms with Gasteiger partial charge >= 0.3 is 0 Å². The number of aliphatic hydroxyl groups excluding tert-OH is 2. The van der Waals surface area contributed by atoms with Crippen molar-refractivity contribution in [3.05, 3.63) is 51.9 Å². The lowest BCUT2D eigenvalue weighted by atomic mass is 9.89. The van der Waals surface area contributed by atoms with Crippen molar-refractivity contribution in [2.45, 2.75) is 25.0 Å². The number of hydrogen-bond donors (Lipinski definition) is 2. The van der Waals surface area contributed by atoms with Crippen molar-refractivity contribution < 1.29 is 10.2 Å². The second kappa shape index (κ2) is 4.30. The van der Waals surface area contributed by atoms with Gasteiger partial charge in [0.15, 0.2) is 0 Å². The molecule has 2 atom stereocenters. The van der Waals surface area contributed by atoms with Crippen LogP contribution < -0.4 is 10.4 Å². The standard InChI is InChI=1S/C18H16O2/c19-17-10-9-15-14-6-5-11-3-1-2-4-12(11)13(14)7-8-16(15)18(17)20/h1,3-9,17-20H,2,10H2. The van der Waals surface area contributed by atoms with Crippen LogP contribution in [0.25, 0.3) is 29.0 Å². The summed E-state index contributed by atoms with van der Waals surface area (Å²) < 4.78 is 0. The zero-order chi connectivity index (χ0) is 13.7. The monoisotopic (exact) mass is 264 g/mol. The van der Waals surface area contributed by atoms with Crippen LogP contribution in [-0.2, 0) is 0 Å². The molecule has 2 heteroatoms. The summed E-state index contributed by atoms with van der Waals surface area (Å²) in [7, 11) is 0. The molecule has 2 N–H and O–H groups in total. The highest BCUT2D eigenvalue weighted by molar-refractivity contribution is 5.88. The third kappa shape index (κ3) is 1.59. The summed E-state index contributed by atoms with van der Waals surface area (Å²) in [5, 5.41) is 24.7. The second-order valence-corrected chi connectivity index (χ2v) is 5.53. The molecule has 0 saturated carbocycles. The van der Waals surface area contributed by atoms with E-state index >= 15 is 0 Å². The van der Waals surface area contributed by atoms with Crippen molar-refractivity contribution in [3.63, 3.8) is 0 Å². The van der Waals surface area contributed by atoms with Crippen molar-refractivity contribution in [1.29, 1.82) is 0 Å². The zero-order valence-electron chi connectivity index (χ0n) is 11.1. The number of fused-ring (bicyclic) bond motifs is 5. The molecule has 4 rings (SSSR count).